The predicted molar refractivity (Wildman–Crippen MR) is 375 cm³/mol. The molecule has 2 saturated heterocycles. The van der Waals surface area contributed by atoms with E-state index in [0.29, 0.717) is 25.2 Å². The van der Waals surface area contributed by atoms with Crippen LogP contribution in [0, 0.1) is 5.92 Å². The van der Waals surface area contributed by atoms with Gasteiger partial charge in [-0.15, -0.1) is 0 Å². The molecule has 19 unspecified atom stereocenters. The number of hydrogen-bond donors (Lipinski definition) is 11. The van der Waals surface area contributed by atoms with Crippen molar-refractivity contribution in [2.24, 2.45) is 5.92 Å². The smallest absolute Gasteiger partial charge is 0.463 e. The number of aliphatic hydroxyl groups is 10. The lowest BCUT2D eigenvalue weighted by atomic mass is 9.84. The van der Waals surface area contributed by atoms with Crippen molar-refractivity contribution in [3.63, 3.8) is 0 Å². The van der Waals surface area contributed by atoms with Gasteiger partial charge in [0, 0.05) is 19.3 Å². The summed E-state index contributed by atoms with van der Waals surface area (Å²) < 4.78 is 65.1. The number of esters is 3. The molecule has 0 aromatic carbocycles. The van der Waals surface area contributed by atoms with Crippen LogP contribution in [0.2, 0.25) is 0 Å². The minimum Gasteiger partial charge on any atom is -0.463 e. The van der Waals surface area contributed by atoms with E-state index < -0.39 is 156 Å². The van der Waals surface area contributed by atoms with E-state index in [1.165, 1.54) is 122 Å². The lowest BCUT2D eigenvalue weighted by Gasteiger charge is -2.49. The van der Waals surface area contributed by atoms with Gasteiger partial charge in [-0.25, -0.2) is 4.57 Å². The van der Waals surface area contributed by atoms with Gasteiger partial charge in [0.05, 0.1) is 13.2 Å². The van der Waals surface area contributed by atoms with Crippen molar-refractivity contribution in [1.82, 2.24) is 0 Å². The quantitative estimate of drug-likeness (QED) is 0.00886. The van der Waals surface area contributed by atoms with Crippen molar-refractivity contribution >= 4 is 25.7 Å². The summed E-state index contributed by atoms with van der Waals surface area (Å²) in [5.41, 5.74) is 0. The summed E-state index contributed by atoms with van der Waals surface area (Å²) in [5.74, 6) is -1.29. The molecule has 1 aliphatic carbocycles. The third kappa shape index (κ3) is 38.5. The normalized spacial score (nSPS) is 27.8. The molecule has 0 aromatic heterocycles. The average Bonchev–Trinajstić information content (AvgIpc) is 0.761. The van der Waals surface area contributed by atoms with E-state index in [1.54, 1.807) is 0 Å². The van der Waals surface area contributed by atoms with Gasteiger partial charge in [-0.05, 0) is 50.9 Å². The SMILES string of the molecule is CCCCCC/C=C\CCCCCCCCCC(=O)OC(COC(=O)CCCCCCCCCCCCCCC)COP(=O)(O)OC1C(OC2OC(CO)C(O)C(O)C2O)C(O)C(O)C(O)C1OC1OC(COC(=O)CCCCCCCCC(C)CCCCCCCC)C(O)C(O)C1O. The number of rotatable bonds is 60. The Kier molecular flexibility index (Phi) is 50.7. The van der Waals surface area contributed by atoms with Gasteiger partial charge in [0.25, 0.3) is 0 Å². The summed E-state index contributed by atoms with van der Waals surface area (Å²) >= 11 is 0. The van der Waals surface area contributed by atoms with Crippen molar-refractivity contribution in [3.05, 3.63) is 12.2 Å². The van der Waals surface area contributed by atoms with Crippen LogP contribution in [0.1, 0.15) is 304 Å². The van der Waals surface area contributed by atoms with Crippen LogP contribution in [-0.4, -0.2) is 204 Å². The monoisotopic (exact) mass is 1440 g/mol. The molecule has 3 fully saturated rings. The molecular weight excluding hydrogens is 1300 g/mol. The number of ether oxygens (including phenoxy) is 7. The highest BCUT2D eigenvalue weighted by atomic mass is 31.2. The molecule has 0 amide bonds. The summed E-state index contributed by atoms with van der Waals surface area (Å²) in [6.07, 6.45) is 12.7. The maximum Gasteiger partial charge on any atom is 0.472 e. The number of hydrogen-bond acceptors (Lipinski definition) is 23. The molecule has 2 heterocycles. The topological polar surface area (TPSA) is 374 Å². The van der Waals surface area contributed by atoms with Crippen molar-refractivity contribution in [2.45, 2.75) is 408 Å². The zero-order chi connectivity index (χ0) is 72.6. The zero-order valence-corrected chi connectivity index (χ0v) is 61.8. The first kappa shape index (κ1) is 90.9. The Labute approximate surface area is 592 Å². The van der Waals surface area contributed by atoms with Crippen molar-refractivity contribution < 1.29 is 117 Å². The molecule has 582 valence electrons. The van der Waals surface area contributed by atoms with E-state index in [9.17, 15) is 74.9 Å². The fourth-order valence-corrected chi connectivity index (χ4v) is 14.0. The van der Waals surface area contributed by atoms with Gasteiger partial charge < -0.3 is 89.1 Å². The molecule has 24 nitrogen and oxygen atoms in total. The van der Waals surface area contributed by atoms with Gasteiger partial charge in [-0.1, -0.05) is 252 Å². The van der Waals surface area contributed by atoms with Crippen LogP contribution in [-0.2, 0) is 61.2 Å². The number of phosphoric ester groups is 1. The molecule has 99 heavy (non-hydrogen) atoms. The summed E-state index contributed by atoms with van der Waals surface area (Å²) in [5, 5.41) is 110. The van der Waals surface area contributed by atoms with E-state index in [2.05, 4.69) is 39.8 Å². The minimum absolute atomic E-state index is 0.0297. The molecule has 19 atom stereocenters. The average molecular weight is 1440 g/mol. The largest absolute Gasteiger partial charge is 0.472 e. The summed E-state index contributed by atoms with van der Waals surface area (Å²) in [6, 6.07) is 0. The van der Waals surface area contributed by atoms with Crippen LogP contribution in [0.5, 0.6) is 0 Å². The van der Waals surface area contributed by atoms with E-state index in [0.717, 1.165) is 116 Å². The van der Waals surface area contributed by atoms with Crippen molar-refractivity contribution in [2.75, 3.05) is 26.4 Å². The fourth-order valence-electron chi connectivity index (χ4n) is 13.0. The van der Waals surface area contributed by atoms with Gasteiger partial charge in [-0.2, -0.15) is 0 Å². The van der Waals surface area contributed by atoms with Crippen LogP contribution in [0.4, 0.5) is 0 Å². The van der Waals surface area contributed by atoms with E-state index in [1.807, 2.05) is 0 Å². The molecule has 0 aromatic rings. The van der Waals surface area contributed by atoms with Crippen molar-refractivity contribution in [1.29, 1.82) is 0 Å². The molecular formula is C74H137O24P. The molecule has 3 aliphatic rings. The molecule has 0 spiro atoms. The Morgan fingerprint density at radius 3 is 1.20 bits per heavy atom. The first-order valence-electron chi connectivity index (χ1n) is 38.9. The molecule has 0 radical (unpaired) electrons. The van der Waals surface area contributed by atoms with E-state index >= 15 is 0 Å². The lowest BCUT2D eigenvalue weighted by Crippen LogP contribution is -2.69. The summed E-state index contributed by atoms with van der Waals surface area (Å²) in [7, 11) is -5.70. The van der Waals surface area contributed by atoms with Gasteiger partial charge in [-0.3, -0.25) is 23.4 Å². The molecule has 11 N–H and O–H groups in total. The van der Waals surface area contributed by atoms with Crippen LogP contribution in [0.25, 0.3) is 0 Å². The number of phosphoric acid groups is 1. The Morgan fingerprint density at radius 2 is 0.768 bits per heavy atom. The Hall–Kier alpha value is -2.30. The molecule has 3 rings (SSSR count). The predicted octanol–water partition coefficient (Wildman–Crippen LogP) is 11.0. The zero-order valence-electron chi connectivity index (χ0n) is 61.0. The van der Waals surface area contributed by atoms with E-state index in [4.69, 9.17) is 42.2 Å². The maximum atomic E-state index is 14.3. The minimum atomic E-state index is -5.70. The number of unbranched alkanes of at least 4 members (excludes halogenated alkanes) is 33. The van der Waals surface area contributed by atoms with Crippen LogP contribution in [0.15, 0.2) is 12.2 Å². The molecule has 2 aliphatic heterocycles. The summed E-state index contributed by atoms with van der Waals surface area (Å²) in [6.45, 7) is 5.77. The highest BCUT2D eigenvalue weighted by Gasteiger charge is 2.58. The van der Waals surface area contributed by atoms with E-state index in [-0.39, 0.29) is 19.3 Å². The van der Waals surface area contributed by atoms with Crippen molar-refractivity contribution in [3.8, 4) is 0 Å². The second kappa shape index (κ2) is 55.2. The highest BCUT2D eigenvalue weighted by molar-refractivity contribution is 7.47. The number of carbonyl (C=O) groups excluding carboxylic acids is 3. The number of allylic oxidation sites excluding steroid dienone is 2. The Balaban J connectivity index is 1.73. The molecule has 1 saturated carbocycles. The van der Waals surface area contributed by atoms with Crippen LogP contribution in [0.3, 0.4) is 0 Å². The second-order valence-electron chi connectivity index (χ2n) is 28.3. The van der Waals surface area contributed by atoms with Gasteiger partial charge in [0.15, 0.2) is 18.7 Å². The Morgan fingerprint density at radius 1 is 0.414 bits per heavy atom. The second-order valence-corrected chi connectivity index (χ2v) is 29.8. The van der Waals surface area contributed by atoms with Gasteiger partial charge in [0.2, 0.25) is 0 Å². The lowest BCUT2D eigenvalue weighted by molar-refractivity contribution is -0.360. The first-order valence-corrected chi connectivity index (χ1v) is 40.4. The molecule has 0 bridgehead atoms. The third-order valence-corrected chi connectivity index (χ3v) is 20.4. The summed E-state index contributed by atoms with van der Waals surface area (Å²) in [4.78, 5) is 51.1. The van der Waals surface area contributed by atoms with Gasteiger partial charge >= 0.3 is 25.7 Å². The number of carbonyl (C=O) groups is 3. The van der Waals surface area contributed by atoms with Crippen LogP contribution < -0.4 is 0 Å². The molecule has 25 heteroatoms. The van der Waals surface area contributed by atoms with Crippen LogP contribution >= 0.6 is 7.82 Å². The fraction of sp³-hybridized carbons (Fsp3) is 0.932. The van der Waals surface area contributed by atoms with Gasteiger partial charge in [0.1, 0.15) is 98.7 Å². The first-order chi connectivity index (χ1) is 47.7. The Bertz CT molecular complexity index is 2110. The highest BCUT2D eigenvalue weighted by Crippen LogP contribution is 2.49. The number of aliphatic hydroxyl groups excluding tert-OH is 10. The maximum absolute atomic E-state index is 14.3. The third-order valence-electron chi connectivity index (χ3n) is 19.4. The standard InChI is InChI=1S/C74H137O24P/c1-5-8-11-14-17-19-21-23-24-26-28-30-32-39-44-49-60(78)93-55(51-90-58(76)47-42-37-31-29-27-25-22-20-18-15-12-9-6-2)52-92-99(88,89)98-72-70(96-73-68(86)63(81)61(79)56(50-75)94-73)66(84)65(83)67(85)71(72)97-74-69(87)64(82)62(80)57(95-74)53-91-59(77)48-43-38-34-33-36-41-46-54(4)45-40-35-16-13-10-7-3/h19,21,54-57,61-75,79-87H,5-18,20,22-53H2,1-4H3,(H,88,89)/b21-19-.